The van der Waals surface area contributed by atoms with Gasteiger partial charge in [0.15, 0.2) is 0 Å². The lowest BCUT2D eigenvalue weighted by molar-refractivity contribution is -0.144. The minimum Gasteiger partial charge on any atom is -0.444 e. The van der Waals surface area contributed by atoms with Gasteiger partial charge >= 0.3 is 6.09 Å². The molecule has 0 saturated heterocycles. The second kappa shape index (κ2) is 11.9. The molecule has 1 rings (SSSR count). The molecule has 2 atom stereocenters. The fourth-order valence-corrected chi connectivity index (χ4v) is 3.59. The van der Waals surface area contributed by atoms with Gasteiger partial charge in [-0.25, -0.2) is 4.79 Å². The van der Waals surface area contributed by atoms with E-state index in [1.807, 2.05) is 45.9 Å². The summed E-state index contributed by atoms with van der Waals surface area (Å²) in [6, 6.07) is 3.89. The van der Waals surface area contributed by atoms with E-state index in [0.717, 1.165) is 29.5 Å². The standard InChI is InChI=1S/C25H41N3O4/c1-10-11-15-26-22(29)21(20-17(4)13-12-14-18(20)5)28(16(2)3)23(30)19(6)27-24(31)32-25(7,8)9/h12-14,16,19,21H,10-11,15H2,1-9H3,(H,26,29)(H,27,31). The van der Waals surface area contributed by atoms with Crippen molar-refractivity contribution in [3.8, 4) is 0 Å². The summed E-state index contributed by atoms with van der Waals surface area (Å²) in [6.07, 6.45) is 1.15. The highest BCUT2D eigenvalue weighted by Crippen LogP contribution is 2.30. The van der Waals surface area contributed by atoms with Crippen LogP contribution in [0.4, 0.5) is 4.79 Å². The number of unbranched alkanes of at least 4 members (excludes halogenated alkanes) is 1. The molecule has 32 heavy (non-hydrogen) atoms. The third kappa shape index (κ3) is 7.84. The van der Waals surface area contributed by atoms with Gasteiger partial charge in [-0.15, -0.1) is 0 Å². The van der Waals surface area contributed by atoms with Crippen LogP contribution in [0.25, 0.3) is 0 Å². The predicted octanol–water partition coefficient (Wildman–Crippen LogP) is 4.41. The topological polar surface area (TPSA) is 87.7 Å². The maximum atomic E-state index is 13.5. The maximum absolute atomic E-state index is 13.5. The Balaban J connectivity index is 3.33. The second-order valence-electron chi connectivity index (χ2n) is 9.56. The number of amides is 3. The van der Waals surface area contributed by atoms with E-state index in [1.54, 1.807) is 32.6 Å². The highest BCUT2D eigenvalue weighted by molar-refractivity contribution is 5.92. The summed E-state index contributed by atoms with van der Waals surface area (Å²) in [7, 11) is 0. The number of carbonyl (C=O) groups excluding carboxylic acids is 3. The van der Waals surface area contributed by atoms with Gasteiger partial charge < -0.3 is 20.3 Å². The van der Waals surface area contributed by atoms with Gasteiger partial charge in [0.2, 0.25) is 11.8 Å². The Morgan fingerprint density at radius 3 is 2.09 bits per heavy atom. The molecule has 0 heterocycles. The maximum Gasteiger partial charge on any atom is 0.408 e. The van der Waals surface area contributed by atoms with Crippen LogP contribution in [-0.4, -0.2) is 47.0 Å². The number of hydrogen-bond donors (Lipinski definition) is 2. The van der Waals surface area contributed by atoms with Gasteiger partial charge in [-0.3, -0.25) is 9.59 Å². The number of nitrogens with one attached hydrogen (secondary N) is 2. The van der Waals surface area contributed by atoms with Crippen molar-refractivity contribution in [1.82, 2.24) is 15.5 Å². The predicted molar refractivity (Wildman–Crippen MR) is 127 cm³/mol. The fourth-order valence-electron chi connectivity index (χ4n) is 3.59. The third-order valence-electron chi connectivity index (χ3n) is 5.09. The molecule has 180 valence electrons. The zero-order valence-electron chi connectivity index (χ0n) is 21.2. The molecule has 7 nitrogen and oxygen atoms in total. The Kier molecular flexibility index (Phi) is 10.2. The molecule has 0 aromatic heterocycles. The van der Waals surface area contributed by atoms with Crippen LogP contribution in [0.15, 0.2) is 18.2 Å². The molecule has 2 unspecified atom stereocenters. The highest BCUT2D eigenvalue weighted by atomic mass is 16.6. The van der Waals surface area contributed by atoms with Gasteiger partial charge in [0.25, 0.3) is 0 Å². The molecule has 0 radical (unpaired) electrons. The minimum absolute atomic E-state index is 0.220. The second-order valence-corrected chi connectivity index (χ2v) is 9.56. The number of ether oxygens (including phenoxy) is 1. The molecular weight excluding hydrogens is 406 g/mol. The van der Waals surface area contributed by atoms with Gasteiger partial charge in [-0.05, 0) is 78.5 Å². The molecule has 2 N–H and O–H groups in total. The summed E-state index contributed by atoms with van der Waals surface area (Å²) in [5.74, 6) is -0.563. The zero-order valence-corrected chi connectivity index (χ0v) is 21.2. The molecule has 0 aliphatic rings. The van der Waals surface area contributed by atoms with E-state index < -0.39 is 23.8 Å². The number of benzene rings is 1. The number of rotatable bonds is 9. The normalized spacial score (nSPS) is 13.3. The smallest absolute Gasteiger partial charge is 0.408 e. The van der Waals surface area contributed by atoms with Crippen molar-refractivity contribution >= 4 is 17.9 Å². The summed E-state index contributed by atoms with van der Waals surface area (Å²) >= 11 is 0. The van der Waals surface area contributed by atoms with Crippen molar-refractivity contribution in [2.45, 2.75) is 98.9 Å². The Labute approximate surface area is 193 Å². The molecular formula is C25H41N3O4. The summed E-state index contributed by atoms with van der Waals surface area (Å²) < 4.78 is 5.29. The molecule has 1 aromatic rings. The van der Waals surface area contributed by atoms with E-state index >= 15 is 0 Å². The SMILES string of the molecule is CCCCNC(=O)C(c1c(C)cccc1C)N(C(=O)C(C)NC(=O)OC(C)(C)C)C(C)C. The van der Waals surface area contributed by atoms with Gasteiger partial charge in [0.1, 0.15) is 17.7 Å². The first-order valence-corrected chi connectivity index (χ1v) is 11.5. The summed E-state index contributed by atoms with van der Waals surface area (Å²) in [5, 5.41) is 5.61. The van der Waals surface area contributed by atoms with Crippen LogP contribution in [0.1, 0.15) is 84.0 Å². The van der Waals surface area contributed by atoms with Crippen molar-refractivity contribution in [2.75, 3.05) is 6.54 Å². The van der Waals surface area contributed by atoms with Crippen molar-refractivity contribution in [2.24, 2.45) is 0 Å². The van der Waals surface area contributed by atoms with Crippen LogP contribution in [0.2, 0.25) is 0 Å². The van der Waals surface area contributed by atoms with Gasteiger partial charge in [0, 0.05) is 12.6 Å². The molecule has 3 amide bonds. The van der Waals surface area contributed by atoms with E-state index in [2.05, 4.69) is 17.6 Å². The lowest BCUT2D eigenvalue weighted by Crippen LogP contribution is -2.54. The summed E-state index contributed by atoms with van der Waals surface area (Å²) in [6.45, 7) is 17.1. The van der Waals surface area contributed by atoms with E-state index in [4.69, 9.17) is 4.74 Å². The number of aryl methyl sites for hydroxylation is 2. The Bertz CT molecular complexity index is 779. The first kappa shape index (κ1) is 27.5. The van der Waals surface area contributed by atoms with Crippen molar-refractivity contribution < 1.29 is 19.1 Å². The molecule has 0 spiro atoms. The van der Waals surface area contributed by atoms with Gasteiger partial charge in [-0.2, -0.15) is 0 Å². The van der Waals surface area contributed by atoms with Gasteiger partial charge in [0.05, 0.1) is 0 Å². The minimum atomic E-state index is -0.859. The molecule has 7 heteroatoms. The number of hydrogen-bond acceptors (Lipinski definition) is 4. The lowest BCUT2D eigenvalue weighted by Gasteiger charge is -2.37. The first-order chi connectivity index (χ1) is 14.8. The van der Waals surface area contributed by atoms with Crippen molar-refractivity contribution in [3.05, 3.63) is 34.9 Å². The number of nitrogens with zero attached hydrogens (tertiary/aromatic N) is 1. The molecule has 1 aromatic carbocycles. The first-order valence-electron chi connectivity index (χ1n) is 11.5. The van der Waals surface area contributed by atoms with Crippen LogP contribution in [-0.2, 0) is 14.3 Å². The van der Waals surface area contributed by atoms with E-state index in [0.29, 0.717) is 6.54 Å². The van der Waals surface area contributed by atoms with E-state index in [9.17, 15) is 14.4 Å². The molecule has 0 saturated carbocycles. The fraction of sp³-hybridized carbons (Fsp3) is 0.640. The molecule has 0 aliphatic heterocycles. The molecule has 0 bridgehead atoms. The largest absolute Gasteiger partial charge is 0.444 e. The molecule has 0 fully saturated rings. The van der Waals surface area contributed by atoms with Crippen LogP contribution < -0.4 is 10.6 Å². The Hall–Kier alpha value is -2.57. The molecule has 0 aliphatic carbocycles. The summed E-state index contributed by atoms with van der Waals surface area (Å²) in [5.41, 5.74) is 2.01. The quantitative estimate of drug-likeness (QED) is 0.549. The highest BCUT2D eigenvalue weighted by Gasteiger charge is 2.37. The zero-order chi connectivity index (χ0) is 24.6. The monoisotopic (exact) mass is 447 g/mol. The van der Waals surface area contributed by atoms with E-state index in [-0.39, 0.29) is 17.9 Å². The average molecular weight is 448 g/mol. The van der Waals surface area contributed by atoms with Crippen LogP contribution >= 0.6 is 0 Å². The van der Waals surface area contributed by atoms with Gasteiger partial charge in [-0.1, -0.05) is 31.5 Å². The van der Waals surface area contributed by atoms with E-state index in [1.165, 1.54) is 0 Å². The van der Waals surface area contributed by atoms with Crippen molar-refractivity contribution in [1.29, 1.82) is 0 Å². The Morgan fingerprint density at radius 2 is 1.62 bits per heavy atom. The average Bonchev–Trinajstić information content (AvgIpc) is 2.64. The number of alkyl carbamates (subject to hydrolysis) is 1. The van der Waals surface area contributed by atoms with Crippen LogP contribution in [0, 0.1) is 13.8 Å². The third-order valence-corrected chi connectivity index (χ3v) is 5.09. The number of carbonyl (C=O) groups is 3. The Morgan fingerprint density at radius 1 is 1.06 bits per heavy atom. The van der Waals surface area contributed by atoms with Crippen LogP contribution in [0.3, 0.4) is 0 Å². The lowest BCUT2D eigenvalue weighted by atomic mass is 9.93. The van der Waals surface area contributed by atoms with Crippen LogP contribution in [0.5, 0.6) is 0 Å². The summed E-state index contributed by atoms with van der Waals surface area (Å²) in [4.78, 5) is 40.7. The van der Waals surface area contributed by atoms with Crippen molar-refractivity contribution in [3.63, 3.8) is 0 Å².